The number of halogens is 3. The number of rotatable bonds is 2. The molecule has 1 unspecified atom stereocenters. The molecule has 5 nitrogen and oxygen atoms in total. The van der Waals surface area contributed by atoms with Crippen molar-refractivity contribution in [3.63, 3.8) is 0 Å². The molecule has 2 saturated heterocycles. The van der Waals surface area contributed by atoms with Crippen LogP contribution in [-0.4, -0.2) is 52.4 Å². The van der Waals surface area contributed by atoms with Gasteiger partial charge >= 0.3 is 6.18 Å². The van der Waals surface area contributed by atoms with Gasteiger partial charge in [-0.2, -0.15) is 13.2 Å². The van der Waals surface area contributed by atoms with Crippen LogP contribution in [-0.2, 0) is 19.1 Å². The normalized spacial score (nSPS) is 27.5. The first-order valence-corrected chi connectivity index (χ1v) is 8.88. The Labute approximate surface area is 139 Å². The minimum atomic E-state index is -4.41. The highest BCUT2D eigenvalue weighted by molar-refractivity contribution is 5.07. The van der Waals surface area contributed by atoms with Gasteiger partial charge in [0.25, 0.3) is 0 Å². The van der Waals surface area contributed by atoms with Gasteiger partial charge in [-0.25, -0.2) is 0 Å². The number of fused-ring (bicyclic) bond motifs is 1. The predicted molar refractivity (Wildman–Crippen MR) is 82.4 cm³/mol. The number of nitrogens with zero attached hydrogens (tertiary/aromatic N) is 4. The highest BCUT2D eigenvalue weighted by Gasteiger charge is 2.44. The molecule has 1 spiro atoms. The van der Waals surface area contributed by atoms with E-state index < -0.39 is 12.0 Å². The van der Waals surface area contributed by atoms with Crippen molar-refractivity contribution in [2.45, 2.75) is 44.8 Å². The van der Waals surface area contributed by atoms with Crippen molar-refractivity contribution in [2.75, 3.05) is 32.7 Å². The second-order valence-electron chi connectivity index (χ2n) is 7.68. The molecule has 3 aliphatic rings. The summed E-state index contributed by atoms with van der Waals surface area (Å²) < 4.78 is 40.1. The number of nitrogens with one attached hydrogen (secondary N) is 1. The van der Waals surface area contributed by atoms with Crippen molar-refractivity contribution in [1.82, 2.24) is 25.0 Å². The number of alkyl halides is 3. The van der Waals surface area contributed by atoms with Crippen molar-refractivity contribution in [3.05, 3.63) is 11.6 Å². The van der Waals surface area contributed by atoms with Crippen LogP contribution in [0, 0.1) is 11.3 Å². The summed E-state index contributed by atoms with van der Waals surface area (Å²) >= 11 is 0. The first-order valence-electron chi connectivity index (χ1n) is 8.88. The highest BCUT2D eigenvalue weighted by Crippen LogP contribution is 2.43. The second kappa shape index (κ2) is 5.98. The van der Waals surface area contributed by atoms with Crippen LogP contribution in [0.1, 0.15) is 37.3 Å². The SMILES string of the molecule is FC(F)(F)c1nnc2n1CCC1(CCN(CC3CCNC3)CC1)C2. The van der Waals surface area contributed by atoms with Gasteiger partial charge in [0.15, 0.2) is 0 Å². The van der Waals surface area contributed by atoms with Crippen LogP contribution in [0.3, 0.4) is 0 Å². The topological polar surface area (TPSA) is 46.0 Å². The van der Waals surface area contributed by atoms with Crippen LogP contribution in [0.4, 0.5) is 13.2 Å². The van der Waals surface area contributed by atoms with Crippen molar-refractivity contribution in [3.8, 4) is 0 Å². The Morgan fingerprint density at radius 3 is 2.54 bits per heavy atom. The van der Waals surface area contributed by atoms with Gasteiger partial charge in [0.05, 0.1) is 0 Å². The zero-order valence-corrected chi connectivity index (χ0v) is 13.8. The molecule has 1 N–H and O–H groups in total. The summed E-state index contributed by atoms with van der Waals surface area (Å²) in [6, 6.07) is 0. The van der Waals surface area contributed by atoms with E-state index in [0.29, 0.717) is 18.8 Å². The molecular weight excluding hydrogens is 319 g/mol. The molecule has 1 aromatic rings. The standard InChI is InChI=1S/C16H24F3N5/c17-16(18,19)14-22-21-13-9-15(4-8-24(13)14)2-6-23(7-3-15)11-12-1-5-20-10-12/h12,20H,1-11H2. The van der Waals surface area contributed by atoms with E-state index in [9.17, 15) is 13.2 Å². The molecule has 1 aromatic heterocycles. The fourth-order valence-electron chi connectivity index (χ4n) is 4.56. The molecule has 1 atom stereocenters. The number of piperidine rings is 1. The average molecular weight is 343 g/mol. The van der Waals surface area contributed by atoms with Crippen LogP contribution < -0.4 is 5.32 Å². The quantitative estimate of drug-likeness (QED) is 0.891. The van der Waals surface area contributed by atoms with Gasteiger partial charge in [0.1, 0.15) is 5.82 Å². The van der Waals surface area contributed by atoms with Gasteiger partial charge in [-0.1, -0.05) is 0 Å². The summed E-state index contributed by atoms with van der Waals surface area (Å²) in [5, 5.41) is 10.7. The van der Waals surface area contributed by atoms with Crippen molar-refractivity contribution in [1.29, 1.82) is 0 Å². The monoisotopic (exact) mass is 343 g/mol. The van der Waals surface area contributed by atoms with E-state index in [2.05, 4.69) is 20.4 Å². The average Bonchev–Trinajstić information content (AvgIpc) is 3.18. The number of hydrogen-bond donors (Lipinski definition) is 1. The lowest BCUT2D eigenvalue weighted by atomic mass is 9.71. The molecule has 134 valence electrons. The smallest absolute Gasteiger partial charge is 0.316 e. The Morgan fingerprint density at radius 1 is 1.12 bits per heavy atom. The maximum absolute atomic E-state index is 13.0. The van der Waals surface area contributed by atoms with Gasteiger partial charge in [-0.05, 0) is 63.2 Å². The van der Waals surface area contributed by atoms with Crippen molar-refractivity contribution < 1.29 is 13.2 Å². The summed E-state index contributed by atoms with van der Waals surface area (Å²) in [5.41, 5.74) is 0.121. The molecule has 0 aliphatic carbocycles. The number of likely N-dealkylation sites (tertiary alicyclic amines) is 1. The minimum Gasteiger partial charge on any atom is -0.316 e. The lowest BCUT2D eigenvalue weighted by Gasteiger charge is -2.44. The van der Waals surface area contributed by atoms with Crippen molar-refractivity contribution in [2.24, 2.45) is 11.3 Å². The maximum Gasteiger partial charge on any atom is 0.451 e. The summed E-state index contributed by atoms with van der Waals surface area (Å²) in [6.45, 7) is 5.89. The van der Waals surface area contributed by atoms with Crippen LogP contribution in [0.2, 0.25) is 0 Å². The lowest BCUT2D eigenvalue weighted by molar-refractivity contribution is -0.148. The Balaban J connectivity index is 1.39. The van der Waals surface area contributed by atoms with Gasteiger partial charge in [0, 0.05) is 19.5 Å². The third-order valence-electron chi connectivity index (χ3n) is 6.08. The Morgan fingerprint density at radius 2 is 1.88 bits per heavy atom. The van der Waals surface area contributed by atoms with Gasteiger partial charge < -0.3 is 14.8 Å². The van der Waals surface area contributed by atoms with Gasteiger partial charge in [-0.3, -0.25) is 0 Å². The number of hydrogen-bond acceptors (Lipinski definition) is 4. The molecule has 0 saturated carbocycles. The molecule has 3 aliphatic heterocycles. The largest absolute Gasteiger partial charge is 0.451 e. The first kappa shape index (κ1) is 16.3. The summed E-state index contributed by atoms with van der Waals surface area (Å²) in [4.78, 5) is 2.53. The van der Waals surface area contributed by atoms with E-state index in [4.69, 9.17) is 0 Å². The van der Waals surface area contributed by atoms with E-state index in [1.807, 2.05) is 0 Å². The third-order valence-corrected chi connectivity index (χ3v) is 6.08. The fourth-order valence-corrected chi connectivity index (χ4v) is 4.56. The molecule has 0 bridgehead atoms. The molecule has 8 heteroatoms. The van der Waals surface area contributed by atoms with E-state index in [0.717, 1.165) is 57.9 Å². The van der Waals surface area contributed by atoms with Gasteiger partial charge in [-0.15, -0.1) is 10.2 Å². The van der Waals surface area contributed by atoms with E-state index >= 15 is 0 Å². The molecule has 0 radical (unpaired) electrons. The van der Waals surface area contributed by atoms with Crippen LogP contribution >= 0.6 is 0 Å². The molecule has 4 heterocycles. The Bertz CT molecular complexity index is 583. The Kier molecular flexibility index (Phi) is 4.07. The van der Waals surface area contributed by atoms with E-state index in [-0.39, 0.29) is 5.41 Å². The fraction of sp³-hybridized carbons (Fsp3) is 0.875. The van der Waals surface area contributed by atoms with E-state index in [1.165, 1.54) is 11.0 Å². The molecular formula is C16H24F3N5. The molecule has 0 aromatic carbocycles. The minimum absolute atomic E-state index is 0.121. The zero-order valence-electron chi connectivity index (χ0n) is 13.8. The predicted octanol–water partition coefficient (Wildman–Crippen LogP) is 1.93. The number of aromatic nitrogens is 3. The highest BCUT2D eigenvalue weighted by atomic mass is 19.4. The molecule has 4 rings (SSSR count). The zero-order chi connectivity index (χ0) is 16.8. The van der Waals surface area contributed by atoms with Crippen LogP contribution in [0.15, 0.2) is 0 Å². The summed E-state index contributed by atoms with van der Waals surface area (Å²) in [7, 11) is 0. The third kappa shape index (κ3) is 3.06. The second-order valence-corrected chi connectivity index (χ2v) is 7.68. The maximum atomic E-state index is 13.0. The first-order chi connectivity index (χ1) is 11.5. The summed E-state index contributed by atoms with van der Waals surface area (Å²) in [5.74, 6) is 0.434. The van der Waals surface area contributed by atoms with Crippen molar-refractivity contribution >= 4 is 0 Å². The molecule has 2 fully saturated rings. The van der Waals surface area contributed by atoms with E-state index in [1.54, 1.807) is 0 Å². The van der Waals surface area contributed by atoms with Crippen LogP contribution in [0.25, 0.3) is 0 Å². The molecule has 24 heavy (non-hydrogen) atoms. The van der Waals surface area contributed by atoms with Gasteiger partial charge in [0.2, 0.25) is 5.82 Å². The van der Waals surface area contributed by atoms with Crippen LogP contribution in [0.5, 0.6) is 0 Å². The summed E-state index contributed by atoms with van der Waals surface area (Å²) in [6.07, 6.45) is 0.400. The molecule has 0 amide bonds. The lowest BCUT2D eigenvalue weighted by Crippen LogP contribution is -2.45. The Hall–Kier alpha value is -1.15.